The Morgan fingerprint density at radius 2 is 1.68 bits per heavy atom. The van der Waals surface area contributed by atoms with Crippen molar-refractivity contribution in [3.05, 3.63) is 72.4 Å². The highest BCUT2D eigenvalue weighted by Gasteiger charge is 2.23. The smallest absolute Gasteiger partial charge is 0.254 e. The molecule has 1 saturated heterocycles. The van der Waals surface area contributed by atoms with Crippen LogP contribution in [0.2, 0.25) is 0 Å². The van der Waals surface area contributed by atoms with E-state index in [1.54, 1.807) is 7.11 Å². The third-order valence-electron chi connectivity index (χ3n) is 5.67. The SMILES string of the molecule is COc1ccc(-c2cnc3ncnn3c2N2CCN(Cc3ccc(F)cc3)CC2)cc1. The predicted molar refractivity (Wildman–Crippen MR) is 117 cm³/mol. The Bertz CT molecular complexity index is 1170. The van der Waals surface area contributed by atoms with E-state index in [-0.39, 0.29) is 5.82 Å². The normalized spacial score (nSPS) is 14.8. The topological polar surface area (TPSA) is 58.8 Å². The Labute approximate surface area is 179 Å². The van der Waals surface area contributed by atoms with Crippen LogP contribution in [0.4, 0.5) is 10.2 Å². The van der Waals surface area contributed by atoms with E-state index >= 15 is 0 Å². The van der Waals surface area contributed by atoms with Crippen molar-refractivity contribution < 1.29 is 9.13 Å². The van der Waals surface area contributed by atoms with Crippen LogP contribution in [-0.2, 0) is 6.54 Å². The van der Waals surface area contributed by atoms with Crippen molar-refractivity contribution in [2.45, 2.75) is 6.54 Å². The van der Waals surface area contributed by atoms with Gasteiger partial charge in [0.2, 0.25) is 0 Å². The lowest BCUT2D eigenvalue weighted by Crippen LogP contribution is -2.46. The van der Waals surface area contributed by atoms with Crippen LogP contribution in [0, 0.1) is 5.82 Å². The fourth-order valence-corrected chi connectivity index (χ4v) is 4.01. The highest BCUT2D eigenvalue weighted by molar-refractivity contribution is 5.77. The van der Waals surface area contributed by atoms with Crippen LogP contribution >= 0.6 is 0 Å². The number of fused-ring (bicyclic) bond motifs is 1. The molecular weight excluding hydrogens is 395 g/mol. The molecule has 0 bridgehead atoms. The van der Waals surface area contributed by atoms with E-state index in [4.69, 9.17) is 4.74 Å². The van der Waals surface area contributed by atoms with E-state index in [0.717, 1.165) is 61.0 Å². The summed E-state index contributed by atoms with van der Waals surface area (Å²) < 4.78 is 20.3. The molecule has 0 spiro atoms. The molecule has 2 aromatic carbocycles. The van der Waals surface area contributed by atoms with E-state index in [1.807, 2.05) is 47.1 Å². The van der Waals surface area contributed by atoms with Gasteiger partial charge in [0.05, 0.1) is 7.11 Å². The van der Waals surface area contributed by atoms with Crippen LogP contribution in [0.15, 0.2) is 61.1 Å². The number of anilines is 1. The highest BCUT2D eigenvalue weighted by Crippen LogP contribution is 2.32. The standard InChI is InChI=1S/C23H23FN6O/c1-31-20-8-4-18(5-9-20)21-14-25-23-26-16-27-30(23)22(21)29-12-10-28(11-13-29)15-17-2-6-19(24)7-3-17/h2-9,14,16H,10-13,15H2,1H3. The summed E-state index contributed by atoms with van der Waals surface area (Å²) >= 11 is 0. The molecule has 0 saturated carbocycles. The van der Waals surface area contributed by atoms with Crippen LogP contribution in [0.5, 0.6) is 5.75 Å². The lowest BCUT2D eigenvalue weighted by molar-refractivity contribution is 0.249. The minimum absolute atomic E-state index is 0.200. The second kappa shape index (κ2) is 8.31. The summed E-state index contributed by atoms with van der Waals surface area (Å²) in [5, 5.41) is 4.44. The van der Waals surface area contributed by atoms with Gasteiger partial charge in [-0.25, -0.2) is 9.37 Å². The number of piperazine rings is 1. The molecular formula is C23H23FN6O. The summed E-state index contributed by atoms with van der Waals surface area (Å²) in [6.45, 7) is 4.32. The maximum Gasteiger partial charge on any atom is 0.254 e. The summed E-state index contributed by atoms with van der Waals surface area (Å²) in [7, 11) is 1.66. The van der Waals surface area contributed by atoms with E-state index < -0.39 is 0 Å². The average Bonchev–Trinajstić information content (AvgIpc) is 3.30. The van der Waals surface area contributed by atoms with Gasteiger partial charge < -0.3 is 9.64 Å². The van der Waals surface area contributed by atoms with Gasteiger partial charge in [-0.05, 0) is 35.4 Å². The molecule has 8 heteroatoms. The van der Waals surface area contributed by atoms with Gasteiger partial charge in [-0.3, -0.25) is 4.90 Å². The minimum atomic E-state index is -0.200. The fraction of sp³-hybridized carbons (Fsp3) is 0.261. The van der Waals surface area contributed by atoms with Crippen molar-refractivity contribution in [2.24, 2.45) is 0 Å². The van der Waals surface area contributed by atoms with E-state index in [2.05, 4.69) is 24.9 Å². The number of hydrogen-bond acceptors (Lipinski definition) is 6. The van der Waals surface area contributed by atoms with E-state index in [1.165, 1.54) is 18.5 Å². The van der Waals surface area contributed by atoms with Gasteiger partial charge in [0.15, 0.2) is 0 Å². The van der Waals surface area contributed by atoms with Crippen molar-refractivity contribution in [3.8, 4) is 16.9 Å². The van der Waals surface area contributed by atoms with Crippen molar-refractivity contribution in [3.63, 3.8) is 0 Å². The van der Waals surface area contributed by atoms with Crippen LogP contribution in [0.25, 0.3) is 16.9 Å². The molecule has 1 aliphatic rings. The largest absolute Gasteiger partial charge is 0.497 e. The third-order valence-corrected chi connectivity index (χ3v) is 5.67. The van der Waals surface area contributed by atoms with Gasteiger partial charge >= 0.3 is 0 Å². The average molecular weight is 418 g/mol. The van der Waals surface area contributed by atoms with Crippen LogP contribution < -0.4 is 9.64 Å². The second-order valence-corrected chi connectivity index (χ2v) is 7.59. The Kier molecular flexibility index (Phi) is 5.21. The zero-order chi connectivity index (χ0) is 21.2. The zero-order valence-electron chi connectivity index (χ0n) is 17.3. The van der Waals surface area contributed by atoms with E-state index in [0.29, 0.717) is 5.78 Å². The molecule has 31 heavy (non-hydrogen) atoms. The molecule has 0 unspecified atom stereocenters. The molecule has 7 nitrogen and oxygen atoms in total. The molecule has 1 aliphatic heterocycles. The highest BCUT2D eigenvalue weighted by atomic mass is 19.1. The van der Waals surface area contributed by atoms with Crippen LogP contribution in [0.1, 0.15) is 5.56 Å². The summed E-state index contributed by atoms with van der Waals surface area (Å²) in [5.74, 6) is 2.19. The number of methoxy groups -OCH3 is 1. The molecule has 0 aliphatic carbocycles. The number of rotatable bonds is 5. The first kappa shape index (κ1) is 19.4. The van der Waals surface area contributed by atoms with Gasteiger partial charge in [-0.15, -0.1) is 0 Å². The Morgan fingerprint density at radius 1 is 0.935 bits per heavy atom. The van der Waals surface area contributed by atoms with Crippen LogP contribution in [0.3, 0.4) is 0 Å². The van der Waals surface area contributed by atoms with Crippen molar-refractivity contribution in [2.75, 3.05) is 38.2 Å². The summed E-state index contributed by atoms with van der Waals surface area (Å²) in [6.07, 6.45) is 3.40. The molecule has 0 N–H and O–H groups in total. The number of aromatic nitrogens is 4. The van der Waals surface area contributed by atoms with Crippen LogP contribution in [-0.4, -0.2) is 57.8 Å². The number of hydrogen-bond donors (Lipinski definition) is 0. The number of ether oxygens (including phenoxy) is 1. The monoisotopic (exact) mass is 418 g/mol. The van der Waals surface area contributed by atoms with Crippen molar-refractivity contribution in [1.29, 1.82) is 0 Å². The number of nitrogens with zero attached hydrogens (tertiary/aromatic N) is 6. The summed E-state index contributed by atoms with van der Waals surface area (Å²) in [6, 6.07) is 14.7. The first-order valence-corrected chi connectivity index (χ1v) is 10.3. The van der Waals surface area contributed by atoms with Gasteiger partial charge in [0.1, 0.15) is 23.7 Å². The molecule has 0 radical (unpaired) electrons. The molecule has 1 fully saturated rings. The first-order chi connectivity index (χ1) is 15.2. The number of halogens is 1. The summed E-state index contributed by atoms with van der Waals surface area (Å²) in [5.41, 5.74) is 3.18. The summed E-state index contributed by atoms with van der Waals surface area (Å²) in [4.78, 5) is 13.5. The minimum Gasteiger partial charge on any atom is -0.497 e. The molecule has 0 amide bonds. The predicted octanol–water partition coefficient (Wildman–Crippen LogP) is 3.26. The lowest BCUT2D eigenvalue weighted by atomic mass is 10.1. The van der Waals surface area contributed by atoms with E-state index in [9.17, 15) is 4.39 Å². The molecule has 3 heterocycles. The Hall–Kier alpha value is -3.52. The van der Waals surface area contributed by atoms with Crippen molar-refractivity contribution in [1.82, 2.24) is 24.5 Å². The number of benzene rings is 2. The van der Waals surface area contributed by atoms with Gasteiger partial charge in [0, 0.05) is 44.5 Å². The Balaban J connectivity index is 1.40. The van der Waals surface area contributed by atoms with Gasteiger partial charge in [-0.1, -0.05) is 24.3 Å². The lowest BCUT2D eigenvalue weighted by Gasteiger charge is -2.36. The Morgan fingerprint density at radius 3 is 2.39 bits per heavy atom. The quantitative estimate of drug-likeness (QED) is 0.496. The fourth-order valence-electron chi connectivity index (χ4n) is 4.01. The van der Waals surface area contributed by atoms with Crippen molar-refractivity contribution >= 4 is 11.6 Å². The molecule has 5 rings (SSSR count). The molecule has 2 aromatic heterocycles. The first-order valence-electron chi connectivity index (χ1n) is 10.3. The van der Waals surface area contributed by atoms with Gasteiger partial charge in [-0.2, -0.15) is 14.6 Å². The second-order valence-electron chi connectivity index (χ2n) is 7.59. The maximum absolute atomic E-state index is 13.2. The third kappa shape index (κ3) is 3.94. The zero-order valence-corrected chi connectivity index (χ0v) is 17.3. The molecule has 4 aromatic rings. The van der Waals surface area contributed by atoms with Gasteiger partial charge in [0.25, 0.3) is 5.78 Å². The molecule has 0 atom stereocenters. The molecule has 158 valence electrons. The maximum atomic E-state index is 13.2.